The first-order valence-corrected chi connectivity index (χ1v) is 9.98. The number of carbonyl (C=O) groups excluding carboxylic acids is 2. The van der Waals surface area contributed by atoms with E-state index < -0.39 is 0 Å². The van der Waals surface area contributed by atoms with Crippen LogP contribution in [0.3, 0.4) is 0 Å². The molecule has 7 nitrogen and oxygen atoms in total. The van der Waals surface area contributed by atoms with Crippen LogP contribution in [0.1, 0.15) is 17.7 Å². The number of nitrogens with one attached hydrogen (secondary N) is 2. The Morgan fingerprint density at radius 1 is 1.14 bits per heavy atom. The quantitative estimate of drug-likeness (QED) is 0.331. The molecule has 2 bridgehead atoms. The summed E-state index contributed by atoms with van der Waals surface area (Å²) in [6.45, 7) is 3.57. The van der Waals surface area contributed by atoms with E-state index >= 15 is 0 Å². The minimum absolute atomic E-state index is 0.00321. The molecule has 7 heteroatoms. The number of aromatic nitrogens is 1. The highest BCUT2D eigenvalue weighted by molar-refractivity contribution is 6.06. The molecule has 0 aromatic carbocycles. The average molecular weight is 381 g/mol. The molecule has 1 aromatic rings. The van der Waals surface area contributed by atoms with Gasteiger partial charge in [0.1, 0.15) is 0 Å². The summed E-state index contributed by atoms with van der Waals surface area (Å²) in [4.78, 5) is 35.3. The van der Waals surface area contributed by atoms with E-state index in [1.54, 1.807) is 7.05 Å². The minimum atomic E-state index is -0.122. The summed E-state index contributed by atoms with van der Waals surface area (Å²) in [5, 5.41) is 6.46. The number of nitrogens with zero attached hydrogens (tertiary/aromatic N) is 3. The predicted molar refractivity (Wildman–Crippen MR) is 106 cm³/mol. The Bertz CT molecular complexity index is 787. The van der Waals surface area contributed by atoms with Crippen LogP contribution < -0.4 is 10.6 Å². The van der Waals surface area contributed by atoms with Gasteiger partial charge in [-0.1, -0.05) is 18.2 Å². The third-order valence-electron chi connectivity index (χ3n) is 6.09. The van der Waals surface area contributed by atoms with Crippen LogP contribution in [0, 0.1) is 30.6 Å². The topological polar surface area (TPSA) is 86.7 Å². The predicted octanol–water partition coefficient (Wildman–Crippen LogP) is 0.905. The summed E-state index contributed by atoms with van der Waals surface area (Å²) in [7, 11) is 1.71. The zero-order chi connectivity index (χ0) is 19.7. The molecule has 2 N–H and O–H groups in total. The summed E-state index contributed by atoms with van der Waals surface area (Å²) >= 11 is 0. The molecule has 3 aliphatic rings. The molecule has 1 aromatic heterocycles. The second kappa shape index (κ2) is 7.73. The van der Waals surface area contributed by atoms with Gasteiger partial charge in [-0.2, -0.15) is 0 Å². The fourth-order valence-corrected chi connectivity index (χ4v) is 4.66. The number of amides is 2. The fourth-order valence-electron chi connectivity index (χ4n) is 4.66. The molecule has 4 rings (SSSR count). The third-order valence-corrected chi connectivity index (χ3v) is 6.09. The van der Waals surface area contributed by atoms with Crippen molar-refractivity contribution in [2.24, 2.45) is 28.7 Å². The molecule has 4 unspecified atom stereocenters. The highest BCUT2D eigenvalue weighted by atomic mass is 16.2. The molecule has 2 fully saturated rings. The lowest BCUT2D eigenvalue weighted by atomic mass is 9.85. The van der Waals surface area contributed by atoms with Gasteiger partial charge in [0, 0.05) is 38.6 Å². The Morgan fingerprint density at radius 2 is 1.82 bits per heavy atom. The number of allylic oxidation sites excluding steroid dienone is 2. The Hall–Kier alpha value is -2.70. The molecule has 148 valence electrons. The Kier molecular flexibility index (Phi) is 5.15. The fraction of sp³-hybridized carbons (Fsp3) is 0.524. The van der Waals surface area contributed by atoms with Crippen LogP contribution in [-0.2, 0) is 16.0 Å². The first-order valence-electron chi connectivity index (χ1n) is 9.98. The largest absolute Gasteiger partial charge is 0.356 e. The van der Waals surface area contributed by atoms with Gasteiger partial charge in [-0.15, -0.1) is 0 Å². The van der Waals surface area contributed by atoms with Gasteiger partial charge in [0.05, 0.1) is 11.8 Å². The Morgan fingerprint density at radius 3 is 2.43 bits per heavy atom. The second-order valence-corrected chi connectivity index (χ2v) is 7.81. The number of likely N-dealkylation sites (tertiary alicyclic amines) is 1. The van der Waals surface area contributed by atoms with E-state index in [0.29, 0.717) is 19.0 Å². The zero-order valence-corrected chi connectivity index (χ0v) is 16.4. The number of pyridine rings is 1. The van der Waals surface area contributed by atoms with Crippen molar-refractivity contribution in [3.8, 4) is 0 Å². The highest BCUT2D eigenvalue weighted by Gasteiger charge is 2.58. The number of carbonyl (C=O) groups is 2. The van der Waals surface area contributed by atoms with E-state index in [1.807, 2.05) is 19.2 Å². The number of imide groups is 1. The van der Waals surface area contributed by atoms with Gasteiger partial charge in [0.25, 0.3) is 0 Å². The first-order chi connectivity index (χ1) is 13.6. The first kappa shape index (κ1) is 18.7. The van der Waals surface area contributed by atoms with Crippen molar-refractivity contribution in [2.75, 3.05) is 26.7 Å². The summed E-state index contributed by atoms with van der Waals surface area (Å²) in [5.74, 6) is 0.948. The maximum absolute atomic E-state index is 12.7. The minimum Gasteiger partial charge on any atom is -0.356 e. The van der Waals surface area contributed by atoms with Crippen LogP contribution in [0.5, 0.6) is 0 Å². The van der Waals surface area contributed by atoms with E-state index in [1.165, 1.54) is 4.90 Å². The molecule has 1 aliphatic heterocycles. The van der Waals surface area contributed by atoms with Crippen LogP contribution in [-0.4, -0.2) is 54.3 Å². The standard InChI is InChI=1S/C21H27N5O2/c1-13-3-4-14(12-25-13)7-8-23-21(22-2)24-9-10-26-19(27)17-15-5-6-16(11-15)18(17)20(26)28/h3-6,12,15-18H,7-11H2,1-2H3,(H2,22,23,24). The second-order valence-electron chi connectivity index (χ2n) is 7.81. The number of hydrogen-bond acceptors (Lipinski definition) is 4. The SMILES string of the molecule is CN=C(NCCc1ccc(C)nc1)NCCN1C(=O)C2C3C=CC(C3)C2C1=O. The van der Waals surface area contributed by atoms with Gasteiger partial charge >= 0.3 is 0 Å². The molecule has 2 amide bonds. The molecular formula is C21H27N5O2. The molecule has 1 saturated carbocycles. The third kappa shape index (κ3) is 3.41. The van der Waals surface area contributed by atoms with Gasteiger partial charge in [0.2, 0.25) is 11.8 Å². The van der Waals surface area contributed by atoms with Crippen LogP contribution in [0.25, 0.3) is 0 Å². The number of aryl methyl sites for hydroxylation is 1. The normalized spacial score (nSPS) is 28.2. The average Bonchev–Trinajstić information content (AvgIpc) is 3.37. The molecule has 0 radical (unpaired) electrons. The van der Waals surface area contributed by atoms with Crippen LogP contribution in [0.15, 0.2) is 35.5 Å². The molecule has 28 heavy (non-hydrogen) atoms. The van der Waals surface area contributed by atoms with E-state index in [-0.39, 0.29) is 35.5 Å². The lowest BCUT2D eigenvalue weighted by Gasteiger charge is -2.18. The van der Waals surface area contributed by atoms with Crippen LogP contribution in [0.2, 0.25) is 0 Å². The van der Waals surface area contributed by atoms with Crippen molar-refractivity contribution < 1.29 is 9.59 Å². The maximum Gasteiger partial charge on any atom is 0.233 e. The van der Waals surface area contributed by atoms with Crippen molar-refractivity contribution in [1.82, 2.24) is 20.5 Å². The Labute approximate surface area is 165 Å². The monoisotopic (exact) mass is 381 g/mol. The van der Waals surface area contributed by atoms with E-state index in [4.69, 9.17) is 0 Å². The van der Waals surface area contributed by atoms with Gasteiger partial charge in [-0.05, 0) is 43.2 Å². The number of fused-ring (bicyclic) bond motifs is 5. The lowest BCUT2D eigenvalue weighted by Crippen LogP contribution is -2.44. The Balaban J connectivity index is 1.22. The molecular weight excluding hydrogens is 354 g/mol. The van der Waals surface area contributed by atoms with Gasteiger partial charge in [-0.3, -0.25) is 24.5 Å². The number of hydrogen-bond donors (Lipinski definition) is 2. The van der Waals surface area contributed by atoms with Crippen molar-refractivity contribution in [2.45, 2.75) is 19.8 Å². The summed E-state index contributed by atoms with van der Waals surface area (Å²) in [6.07, 6.45) is 7.93. The van der Waals surface area contributed by atoms with E-state index in [0.717, 1.165) is 30.6 Å². The molecule has 4 atom stereocenters. The zero-order valence-electron chi connectivity index (χ0n) is 16.4. The van der Waals surface area contributed by atoms with Gasteiger partial charge < -0.3 is 10.6 Å². The van der Waals surface area contributed by atoms with Crippen molar-refractivity contribution in [1.29, 1.82) is 0 Å². The summed E-state index contributed by atoms with van der Waals surface area (Å²) < 4.78 is 0. The molecule has 2 heterocycles. The molecule has 2 aliphatic carbocycles. The maximum atomic E-state index is 12.7. The number of rotatable bonds is 6. The lowest BCUT2D eigenvalue weighted by molar-refractivity contribution is -0.140. The summed E-state index contributed by atoms with van der Waals surface area (Å²) in [6, 6.07) is 4.08. The van der Waals surface area contributed by atoms with Gasteiger partial charge in [0.15, 0.2) is 5.96 Å². The number of aliphatic imine (C=N–C) groups is 1. The molecule has 1 saturated heterocycles. The number of guanidine groups is 1. The van der Waals surface area contributed by atoms with E-state index in [2.05, 4.69) is 38.8 Å². The van der Waals surface area contributed by atoms with E-state index in [9.17, 15) is 9.59 Å². The van der Waals surface area contributed by atoms with Crippen LogP contribution >= 0.6 is 0 Å². The molecule has 0 spiro atoms. The van der Waals surface area contributed by atoms with Crippen LogP contribution in [0.4, 0.5) is 0 Å². The van der Waals surface area contributed by atoms with Gasteiger partial charge in [-0.25, -0.2) is 0 Å². The van der Waals surface area contributed by atoms with Crippen molar-refractivity contribution in [3.63, 3.8) is 0 Å². The van der Waals surface area contributed by atoms with Crippen molar-refractivity contribution >= 4 is 17.8 Å². The van der Waals surface area contributed by atoms with Crippen molar-refractivity contribution in [3.05, 3.63) is 41.7 Å². The highest BCUT2D eigenvalue weighted by Crippen LogP contribution is 2.52. The smallest absolute Gasteiger partial charge is 0.233 e. The summed E-state index contributed by atoms with van der Waals surface area (Å²) in [5.41, 5.74) is 2.17.